The molecular formula is C14H25ClN2O. The molecule has 0 unspecified atom stereocenters. The Morgan fingerprint density at radius 2 is 2.00 bits per heavy atom. The van der Waals surface area contributed by atoms with E-state index in [1.54, 1.807) is 0 Å². The van der Waals surface area contributed by atoms with Gasteiger partial charge in [-0.3, -0.25) is 4.68 Å². The van der Waals surface area contributed by atoms with E-state index in [0.29, 0.717) is 11.8 Å². The second-order valence-electron chi connectivity index (χ2n) is 4.90. The van der Waals surface area contributed by atoms with E-state index in [9.17, 15) is 0 Å². The van der Waals surface area contributed by atoms with Crippen LogP contribution in [0.15, 0.2) is 0 Å². The molecule has 1 aromatic rings. The van der Waals surface area contributed by atoms with Crippen LogP contribution < -0.4 is 0 Å². The van der Waals surface area contributed by atoms with Crippen molar-refractivity contribution >= 4 is 11.6 Å². The number of aryl methyl sites for hydroxylation is 1. The van der Waals surface area contributed by atoms with E-state index in [1.165, 1.54) is 11.3 Å². The fourth-order valence-electron chi connectivity index (χ4n) is 2.08. The van der Waals surface area contributed by atoms with E-state index in [1.807, 2.05) is 0 Å². The van der Waals surface area contributed by atoms with Gasteiger partial charge in [0, 0.05) is 17.9 Å². The molecule has 0 amide bonds. The summed E-state index contributed by atoms with van der Waals surface area (Å²) in [5, 5.41) is 4.64. The molecule has 1 heterocycles. The standard InChI is InChI=1S/C14H25ClN2O/c1-5-13-12(9-15)14(6-2)17(16-13)7-8-18-10-11(3)4/h11H,5-10H2,1-4H3. The van der Waals surface area contributed by atoms with Crippen LogP contribution in [0.5, 0.6) is 0 Å². The summed E-state index contributed by atoms with van der Waals surface area (Å²) < 4.78 is 7.69. The molecule has 3 nitrogen and oxygen atoms in total. The summed E-state index contributed by atoms with van der Waals surface area (Å²) in [6, 6.07) is 0. The molecule has 0 atom stereocenters. The van der Waals surface area contributed by atoms with Gasteiger partial charge in [0.2, 0.25) is 0 Å². The van der Waals surface area contributed by atoms with Crippen molar-refractivity contribution in [2.24, 2.45) is 5.92 Å². The monoisotopic (exact) mass is 272 g/mol. The molecule has 1 rings (SSSR count). The van der Waals surface area contributed by atoms with Crippen LogP contribution in [0.4, 0.5) is 0 Å². The van der Waals surface area contributed by atoms with Crippen LogP contribution in [0.2, 0.25) is 0 Å². The molecule has 4 heteroatoms. The zero-order valence-electron chi connectivity index (χ0n) is 12.0. The number of hydrogen-bond acceptors (Lipinski definition) is 2. The van der Waals surface area contributed by atoms with Crippen molar-refractivity contribution < 1.29 is 4.74 Å². The van der Waals surface area contributed by atoms with Crippen LogP contribution in [0.25, 0.3) is 0 Å². The van der Waals surface area contributed by atoms with Crippen molar-refractivity contribution in [2.45, 2.75) is 53.0 Å². The molecular weight excluding hydrogens is 248 g/mol. The summed E-state index contributed by atoms with van der Waals surface area (Å²) in [6.07, 6.45) is 1.91. The summed E-state index contributed by atoms with van der Waals surface area (Å²) in [5.74, 6) is 1.14. The first-order chi connectivity index (χ1) is 8.63. The molecule has 0 aliphatic heterocycles. The van der Waals surface area contributed by atoms with E-state index in [0.717, 1.165) is 38.3 Å². The number of ether oxygens (including phenoxy) is 1. The minimum absolute atomic E-state index is 0.555. The van der Waals surface area contributed by atoms with Gasteiger partial charge in [-0.25, -0.2) is 0 Å². The predicted molar refractivity (Wildman–Crippen MR) is 76.2 cm³/mol. The average molecular weight is 273 g/mol. The van der Waals surface area contributed by atoms with E-state index in [2.05, 4.69) is 37.5 Å². The Morgan fingerprint density at radius 1 is 1.28 bits per heavy atom. The number of rotatable bonds is 8. The van der Waals surface area contributed by atoms with Crippen LogP contribution in [0, 0.1) is 5.92 Å². The number of nitrogens with zero attached hydrogens (tertiary/aromatic N) is 2. The first-order valence-corrected chi connectivity index (χ1v) is 7.38. The van der Waals surface area contributed by atoms with Crippen LogP contribution >= 0.6 is 11.6 Å². The highest BCUT2D eigenvalue weighted by Crippen LogP contribution is 2.18. The molecule has 104 valence electrons. The van der Waals surface area contributed by atoms with Gasteiger partial charge >= 0.3 is 0 Å². The third-order valence-corrected chi connectivity index (χ3v) is 3.22. The maximum atomic E-state index is 6.03. The molecule has 0 aliphatic carbocycles. The number of hydrogen-bond donors (Lipinski definition) is 0. The Morgan fingerprint density at radius 3 is 2.50 bits per heavy atom. The average Bonchev–Trinajstić information content (AvgIpc) is 2.71. The van der Waals surface area contributed by atoms with Crippen molar-refractivity contribution in [2.75, 3.05) is 13.2 Å². The molecule has 0 fully saturated rings. The van der Waals surface area contributed by atoms with Gasteiger partial charge in [0.05, 0.1) is 24.7 Å². The Kier molecular flexibility index (Phi) is 6.72. The minimum Gasteiger partial charge on any atom is -0.379 e. The maximum absolute atomic E-state index is 6.03. The molecule has 0 saturated carbocycles. The third kappa shape index (κ3) is 3.99. The third-order valence-electron chi connectivity index (χ3n) is 2.95. The van der Waals surface area contributed by atoms with Crippen molar-refractivity contribution in [3.63, 3.8) is 0 Å². The Bertz CT molecular complexity index is 361. The number of halogens is 1. The molecule has 18 heavy (non-hydrogen) atoms. The normalized spacial score (nSPS) is 11.4. The Labute approximate surface area is 115 Å². The van der Waals surface area contributed by atoms with Gasteiger partial charge in [-0.1, -0.05) is 27.7 Å². The first-order valence-electron chi connectivity index (χ1n) is 6.85. The zero-order chi connectivity index (χ0) is 13.5. The predicted octanol–water partition coefficient (Wildman–Crippen LogP) is 3.42. The maximum Gasteiger partial charge on any atom is 0.0668 e. The molecule has 0 bridgehead atoms. The van der Waals surface area contributed by atoms with Gasteiger partial charge in [-0.2, -0.15) is 5.10 Å². The van der Waals surface area contributed by atoms with Gasteiger partial charge < -0.3 is 4.74 Å². The number of alkyl halides is 1. The second kappa shape index (κ2) is 7.80. The zero-order valence-corrected chi connectivity index (χ0v) is 12.8. The van der Waals surface area contributed by atoms with Gasteiger partial charge in [-0.05, 0) is 18.8 Å². The SMILES string of the molecule is CCc1nn(CCOCC(C)C)c(CC)c1CCl. The van der Waals surface area contributed by atoms with Crippen molar-refractivity contribution in [1.82, 2.24) is 9.78 Å². The summed E-state index contributed by atoms with van der Waals surface area (Å²) in [6.45, 7) is 10.9. The fraction of sp³-hybridized carbons (Fsp3) is 0.786. The lowest BCUT2D eigenvalue weighted by Crippen LogP contribution is -2.12. The van der Waals surface area contributed by atoms with Crippen LogP contribution in [-0.4, -0.2) is 23.0 Å². The minimum atomic E-state index is 0.555. The first kappa shape index (κ1) is 15.5. The Hall–Kier alpha value is -0.540. The molecule has 1 aromatic heterocycles. The van der Waals surface area contributed by atoms with Crippen LogP contribution in [0.1, 0.15) is 44.6 Å². The molecule has 0 saturated heterocycles. The van der Waals surface area contributed by atoms with Gasteiger partial charge in [0.1, 0.15) is 0 Å². The molecule has 0 radical (unpaired) electrons. The van der Waals surface area contributed by atoms with Crippen molar-refractivity contribution in [3.05, 3.63) is 17.0 Å². The highest BCUT2D eigenvalue weighted by Gasteiger charge is 2.14. The summed E-state index contributed by atoms with van der Waals surface area (Å²) in [5.41, 5.74) is 3.60. The quantitative estimate of drug-likeness (QED) is 0.536. The van der Waals surface area contributed by atoms with Crippen molar-refractivity contribution in [3.8, 4) is 0 Å². The smallest absolute Gasteiger partial charge is 0.0668 e. The molecule has 0 aromatic carbocycles. The molecule has 0 aliphatic rings. The van der Waals surface area contributed by atoms with Gasteiger partial charge in [-0.15, -0.1) is 11.6 Å². The van der Waals surface area contributed by atoms with E-state index < -0.39 is 0 Å². The van der Waals surface area contributed by atoms with Crippen LogP contribution in [-0.2, 0) is 30.0 Å². The largest absolute Gasteiger partial charge is 0.379 e. The Balaban J connectivity index is 2.67. The summed E-state index contributed by atoms with van der Waals surface area (Å²) in [4.78, 5) is 0. The van der Waals surface area contributed by atoms with Crippen molar-refractivity contribution in [1.29, 1.82) is 0 Å². The molecule has 0 spiro atoms. The lowest BCUT2D eigenvalue weighted by molar-refractivity contribution is 0.100. The second-order valence-corrected chi connectivity index (χ2v) is 5.17. The summed E-state index contributed by atoms with van der Waals surface area (Å²) >= 11 is 6.03. The highest BCUT2D eigenvalue weighted by molar-refractivity contribution is 6.17. The highest BCUT2D eigenvalue weighted by atomic mass is 35.5. The van der Waals surface area contributed by atoms with E-state index in [4.69, 9.17) is 16.3 Å². The van der Waals surface area contributed by atoms with Gasteiger partial charge in [0.25, 0.3) is 0 Å². The van der Waals surface area contributed by atoms with Gasteiger partial charge in [0.15, 0.2) is 0 Å². The van der Waals surface area contributed by atoms with Crippen LogP contribution in [0.3, 0.4) is 0 Å². The van der Waals surface area contributed by atoms with E-state index in [-0.39, 0.29) is 0 Å². The summed E-state index contributed by atoms with van der Waals surface area (Å²) in [7, 11) is 0. The fourth-order valence-corrected chi connectivity index (χ4v) is 2.39. The number of aromatic nitrogens is 2. The van der Waals surface area contributed by atoms with E-state index >= 15 is 0 Å². The lowest BCUT2D eigenvalue weighted by atomic mass is 10.1. The topological polar surface area (TPSA) is 27.1 Å². The molecule has 0 N–H and O–H groups in total. The lowest BCUT2D eigenvalue weighted by Gasteiger charge is -2.09.